The Morgan fingerprint density at radius 3 is 2.50 bits per heavy atom. The van der Waals surface area contributed by atoms with Gasteiger partial charge in [0.1, 0.15) is 6.10 Å². The third-order valence-corrected chi connectivity index (χ3v) is 6.00. The Balaban J connectivity index is 1.82. The minimum atomic E-state index is -0.189. The van der Waals surface area contributed by atoms with Crippen molar-refractivity contribution in [2.45, 2.75) is 56.6 Å². The molecular formula is C18H27NO2S. The molecule has 3 rings (SSSR count). The molecule has 4 heteroatoms. The Morgan fingerprint density at radius 1 is 1.09 bits per heavy atom. The van der Waals surface area contributed by atoms with Gasteiger partial charge in [0.25, 0.3) is 0 Å². The van der Waals surface area contributed by atoms with Crippen LogP contribution in [-0.4, -0.2) is 24.7 Å². The minimum absolute atomic E-state index is 0.189. The molecule has 2 aliphatic rings. The van der Waals surface area contributed by atoms with Gasteiger partial charge in [-0.2, -0.15) is 11.8 Å². The molecular weight excluding hydrogens is 294 g/mol. The van der Waals surface area contributed by atoms with Crippen LogP contribution in [0.25, 0.3) is 0 Å². The molecule has 0 bridgehead atoms. The second-order valence-corrected chi connectivity index (χ2v) is 7.74. The lowest BCUT2D eigenvalue weighted by Crippen LogP contribution is -2.38. The molecule has 1 aliphatic heterocycles. The molecule has 0 aromatic heterocycles. The predicted octanol–water partition coefficient (Wildman–Crippen LogP) is 4.09. The van der Waals surface area contributed by atoms with Gasteiger partial charge in [-0.15, -0.1) is 0 Å². The van der Waals surface area contributed by atoms with Gasteiger partial charge in [0, 0.05) is 5.54 Å². The maximum absolute atomic E-state index is 6.67. The molecule has 0 unspecified atom stereocenters. The molecule has 1 heterocycles. The summed E-state index contributed by atoms with van der Waals surface area (Å²) in [4.78, 5) is 0. The summed E-state index contributed by atoms with van der Waals surface area (Å²) in [6.45, 7) is 0. The average molecular weight is 321 g/mol. The Hall–Kier alpha value is -0.870. The van der Waals surface area contributed by atoms with E-state index >= 15 is 0 Å². The molecule has 0 spiro atoms. The number of thioether (sulfide) groups is 1. The highest BCUT2D eigenvalue weighted by atomic mass is 32.2. The second kappa shape index (κ2) is 7.14. The summed E-state index contributed by atoms with van der Waals surface area (Å²) in [5, 5.41) is 0. The van der Waals surface area contributed by atoms with Crippen LogP contribution in [0, 0.1) is 0 Å². The molecule has 2 N–H and O–H groups in total. The first kappa shape index (κ1) is 16.0. The smallest absolute Gasteiger partial charge is 0.161 e. The predicted molar refractivity (Wildman–Crippen MR) is 92.9 cm³/mol. The molecule has 1 aromatic carbocycles. The van der Waals surface area contributed by atoms with Crippen LogP contribution in [0.1, 0.15) is 50.5 Å². The summed E-state index contributed by atoms with van der Waals surface area (Å²) in [5.41, 5.74) is 7.69. The van der Waals surface area contributed by atoms with Crippen LogP contribution in [0.4, 0.5) is 0 Å². The SMILES string of the molecule is COc1ccc(C2(N)CCCCC2)cc1OC1CCSCC1. The highest BCUT2D eigenvalue weighted by molar-refractivity contribution is 7.99. The van der Waals surface area contributed by atoms with E-state index in [9.17, 15) is 0 Å². The van der Waals surface area contributed by atoms with Crippen molar-refractivity contribution in [1.29, 1.82) is 0 Å². The molecule has 0 amide bonds. The number of methoxy groups -OCH3 is 1. The van der Waals surface area contributed by atoms with E-state index < -0.39 is 0 Å². The van der Waals surface area contributed by atoms with Gasteiger partial charge >= 0.3 is 0 Å². The average Bonchev–Trinajstić information content (AvgIpc) is 2.56. The van der Waals surface area contributed by atoms with Gasteiger partial charge in [-0.05, 0) is 54.9 Å². The third-order valence-electron chi connectivity index (χ3n) is 4.95. The number of rotatable bonds is 4. The Bertz CT molecular complexity index is 494. The maximum atomic E-state index is 6.67. The van der Waals surface area contributed by atoms with E-state index in [-0.39, 0.29) is 5.54 Å². The number of benzene rings is 1. The summed E-state index contributed by atoms with van der Waals surface area (Å²) in [7, 11) is 1.71. The van der Waals surface area contributed by atoms with Gasteiger partial charge in [0.15, 0.2) is 11.5 Å². The first-order valence-electron chi connectivity index (χ1n) is 8.43. The monoisotopic (exact) mass is 321 g/mol. The summed E-state index contributed by atoms with van der Waals surface area (Å²) in [6.07, 6.45) is 8.43. The first-order valence-corrected chi connectivity index (χ1v) is 9.58. The lowest BCUT2D eigenvalue weighted by atomic mass is 9.77. The first-order chi connectivity index (χ1) is 10.7. The molecule has 122 valence electrons. The topological polar surface area (TPSA) is 44.5 Å². The van der Waals surface area contributed by atoms with Crippen molar-refractivity contribution in [3.8, 4) is 11.5 Å². The highest BCUT2D eigenvalue weighted by Crippen LogP contribution is 2.39. The van der Waals surface area contributed by atoms with Crippen molar-refractivity contribution < 1.29 is 9.47 Å². The fourth-order valence-electron chi connectivity index (χ4n) is 3.52. The molecule has 0 radical (unpaired) electrons. The van der Waals surface area contributed by atoms with Crippen LogP contribution in [0.2, 0.25) is 0 Å². The Kier molecular flexibility index (Phi) is 5.19. The van der Waals surface area contributed by atoms with Gasteiger partial charge in [-0.1, -0.05) is 25.3 Å². The molecule has 3 nitrogen and oxygen atoms in total. The number of nitrogens with two attached hydrogens (primary N) is 1. The van der Waals surface area contributed by atoms with E-state index in [1.807, 2.05) is 17.8 Å². The van der Waals surface area contributed by atoms with Gasteiger partial charge in [0.2, 0.25) is 0 Å². The van der Waals surface area contributed by atoms with Crippen LogP contribution in [0.3, 0.4) is 0 Å². The van der Waals surface area contributed by atoms with Crippen LogP contribution in [0.5, 0.6) is 11.5 Å². The number of hydrogen-bond acceptors (Lipinski definition) is 4. The van der Waals surface area contributed by atoms with Crippen molar-refractivity contribution in [2.24, 2.45) is 5.73 Å². The number of hydrogen-bond donors (Lipinski definition) is 1. The fraction of sp³-hybridized carbons (Fsp3) is 0.667. The zero-order valence-electron chi connectivity index (χ0n) is 13.5. The van der Waals surface area contributed by atoms with E-state index in [4.69, 9.17) is 15.2 Å². The van der Waals surface area contributed by atoms with Crippen LogP contribution >= 0.6 is 11.8 Å². The highest BCUT2D eigenvalue weighted by Gasteiger charge is 2.30. The van der Waals surface area contributed by atoms with Gasteiger partial charge < -0.3 is 15.2 Å². The fourth-order valence-corrected chi connectivity index (χ4v) is 4.59. The van der Waals surface area contributed by atoms with E-state index in [0.717, 1.165) is 37.2 Å². The molecule has 22 heavy (non-hydrogen) atoms. The van der Waals surface area contributed by atoms with Crippen molar-refractivity contribution in [3.05, 3.63) is 23.8 Å². The van der Waals surface area contributed by atoms with Gasteiger partial charge in [-0.25, -0.2) is 0 Å². The van der Waals surface area contributed by atoms with E-state index in [2.05, 4.69) is 12.1 Å². The zero-order valence-corrected chi connectivity index (χ0v) is 14.3. The standard InChI is InChI=1S/C18H27NO2S/c1-20-16-6-5-14(18(19)9-3-2-4-10-18)13-17(16)21-15-7-11-22-12-8-15/h5-6,13,15H,2-4,7-12,19H2,1H3. The van der Waals surface area contributed by atoms with E-state index in [0.29, 0.717) is 6.10 Å². The zero-order chi connectivity index (χ0) is 15.4. The molecule has 1 aliphatic carbocycles. The van der Waals surface area contributed by atoms with Crippen molar-refractivity contribution in [1.82, 2.24) is 0 Å². The maximum Gasteiger partial charge on any atom is 0.161 e. The summed E-state index contributed by atoms with van der Waals surface area (Å²) in [5.74, 6) is 4.06. The second-order valence-electron chi connectivity index (χ2n) is 6.51. The lowest BCUT2D eigenvalue weighted by molar-refractivity contribution is 0.183. The third kappa shape index (κ3) is 3.54. The largest absolute Gasteiger partial charge is 0.493 e. The molecule has 1 aromatic rings. The lowest BCUT2D eigenvalue weighted by Gasteiger charge is -2.34. The van der Waals surface area contributed by atoms with E-state index in [1.165, 1.54) is 36.3 Å². The van der Waals surface area contributed by atoms with Crippen LogP contribution in [-0.2, 0) is 5.54 Å². The molecule has 2 fully saturated rings. The summed E-state index contributed by atoms with van der Waals surface area (Å²) in [6, 6.07) is 6.27. The van der Waals surface area contributed by atoms with Crippen molar-refractivity contribution >= 4 is 11.8 Å². The van der Waals surface area contributed by atoms with Gasteiger partial charge in [-0.3, -0.25) is 0 Å². The Labute approximate surface area is 137 Å². The van der Waals surface area contributed by atoms with E-state index in [1.54, 1.807) is 7.11 Å². The van der Waals surface area contributed by atoms with Crippen LogP contribution in [0.15, 0.2) is 18.2 Å². The quantitative estimate of drug-likeness (QED) is 0.907. The minimum Gasteiger partial charge on any atom is -0.493 e. The summed E-state index contributed by atoms with van der Waals surface area (Å²) >= 11 is 2.01. The summed E-state index contributed by atoms with van der Waals surface area (Å²) < 4.78 is 11.8. The van der Waals surface area contributed by atoms with Crippen molar-refractivity contribution in [3.63, 3.8) is 0 Å². The number of ether oxygens (including phenoxy) is 2. The normalized spacial score (nSPS) is 22.3. The van der Waals surface area contributed by atoms with Gasteiger partial charge in [0.05, 0.1) is 7.11 Å². The molecule has 1 saturated heterocycles. The molecule has 0 atom stereocenters. The Morgan fingerprint density at radius 2 is 1.82 bits per heavy atom. The van der Waals surface area contributed by atoms with Crippen molar-refractivity contribution in [2.75, 3.05) is 18.6 Å². The van der Waals surface area contributed by atoms with Crippen LogP contribution < -0.4 is 15.2 Å². The molecule has 1 saturated carbocycles.